The van der Waals surface area contributed by atoms with Crippen molar-refractivity contribution in [2.24, 2.45) is 5.92 Å². The number of hydrogen-bond acceptors (Lipinski definition) is 5. The Morgan fingerprint density at radius 3 is 1.63 bits per heavy atom. The molecule has 5 nitrogen and oxygen atoms in total. The minimum atomic E-state index is -1.09. The summed E-state index contributed by atoms with van der Waals surface area (Å²) >= 11 is 0. The van der Waals surface area contributed by atoms with Crippen molar-refractivity contribution < 1.29 is 23.8 Å². The van der Waals surface area contributed by atoms with E-state index in [1.165, 1.54) is 89.9 Å². The van der Waals surface area contributed by atoms with Crippen LogP contribution in [0.25, 0.3) is 0 Å². The van der Waals surface area contributed by atoms with Gasteiger partial charge in [0, 0.05) is 0 Å². The summed E-state index contributed by atoms with van der Waals surface area (Å²) in [6.45, 7) is 5.35. The van der Waals surface area contributed by atoms with Crippen LogP contribution >= 0.6 is 0 Å². The molecule has 204 valence electrons. The Bertz CT molecular complexity index is 573. The van der Waals surface area contributed by atoms with Crippen LogP contribution in [0.15, 0.2) is 0 Å². The summed E-state index contributed by atoms with van der Waals surface area (Å²) in [5.41, 5.74) is -1.09. The second-order valence-corrected chi connectivity index (χ2v) is 10.9. The predicted octanol–water partition coefficient (Wildman–Crippen LogP) is 8.07. The maximum absolute atomic E-state index is 12.9. The molecule has 3 atom stereocenters. The fourth-order valence-electron chi connectivity index (χ4n) is 5.64. The number of ether oxygens (including phenoxy) is 3. The Hall–Kier alpha value is -1.10. The third-order valence-corrected chi connectivity index (χ3v) is 7.85. The van der Waals surface area contributed by atoms with Crippen molar-refractivity contribution in [2.75, 3.05) is 13.2 Å². The van der Waals surface area contributed by atoms with Gasteiger partial charge in [-0.05, 0) is 32.1 Å². The van der Waals surface area contributed by atoms with E-state index in [4.69, 9.17) is 14.2 Å². The van der Waals surface area contributed by atoms with Crippen molar-refractivity contribution in [2.45, 2.75) is 160 Å². The molecule has 3 aliphatic rings. The zero-order chi connectivity index (χ0) is 25.2. The van der Waals surface area contributed by atoms with Gasteiger partial charge < -0.3 is 14.2 Å². The van der Waals surface area contributed by atoms with Gasteiger partial charge in [-0.15, -0.1) is 0 Å². The molecule has 2 aliphatic heterocycles. The van der Waals surface area contributed by atoms with Gasteiger partial charge in [-0.2, -0.15) is 0 Å². The molecular weight excluding hydrogens is 440 g/mol. The van der Waals surface area contributed by atoms with E-state index >= 15 is 0 Å². The van der Waals surface area contributed by atoms with Crippen LogP contribution in [-0.2, 0) is 23.8 Å². The van der Waals surface area contributed by atoms with Gasteiger partial charge in [0.05, 0.1) is 19.3 Å². The number of unbranched alkanes of at least 4 members (excludes halogenated alkanes) is 16. The molecule has 3 unspecified atom stereocenters. The van der Waals surface area contributed by atoms with Crippen LogP contribution in [0.2, 0.25) is 0 Å². The van der Waals surface area contributed by atoms with Crippen LogP contribution in [-0.4, -0.2) is 36.9 Å². The Balaban J connectivity index is 1.57. The summed E-state index contributed by atoms with van der Waals surface area (Å²) in [5.74, 6) is -1.09. The zero-order valence-electron chi connectivity index (χ0n) is 23.0. The van der Waals surface area contributed by atoms with Gasteiger partial charge >= 0.3 is 11.9 Å². The van der Waals surface area contributed by atoms with Gasteiger partial charge in [-0.25, -0.2) is 4.79 Å². The minimum Gasteiger partial charge on any atom is -0.465 e. The first-order chi connectivity index (χ1) is 17.2. The van der Waals surface area contributed by atoms with Crippen LogP contribution in [0.5, 0.6) is 0 Å². The average Bonchev–Trinajstić information content (AvgIpc) is 2.86. The highest BCUT2D eigenvalue weighted by Crippen LogP contribution is 2.50. The molecule has 0 radical (unpaired) electrons. The number of rotatable bonds is 22. The summed E-state index contributed by atoms with van der Waals surface area (Å²) in [5, 5.41) is 0. The first-order valence-electron chi connectivity index (χ1n) is 15.2. The monoisotopic (exact) mass is 494 g/mol. The molecular formula is C30H54O5. The summed E-state index contributed by atoms with van der Waals surface area (Å²) in [6, 6.07) is 0. The van der Waals surface area contributed by atoms with Crippen molar-refractivity contribution in [3.05, 3.63) is 0 Å². The lowest BCUT2D eigenvalue weighted by Crippen LogP contribution is -2.70. The first kappa shape index (κ1) is 30.1. The second-order valence-electron chi connectivity index (χ2n) is 10.9. The van der Waals surface area contributed by atoms with Crippen molar-refractivity contribution in [1.82, 2.24) is 0 Å². The predicted molar refractivity (Wildman–Crippen MR) is 141 cm³/mol. The highest BCUT2D eigenvalue weighted by Gasteiger charge is 2.67. The van der Waals surface area contributed by atoms with E-state index in [9.17, 15) is 9.59 Å². The number of carbonyl (C=O) groups is 2. The minimum absolute atomic E-state index is 0.181. The third kappa shape index (κ3) is 10.4. The van der Waals surface area contributed by atoms with E-state index in [0.717, 1.165) is 38.5 Å². The second kappa shape index (κ2) is 18.2. The standard InChI is InChI=1S/C30H54O5/c1-3-5-7-9-11-13-15-17-19-24-33-28(31)27-26-22-21-23-30(27,35-26)29(32)34-25-20-18-16-14-12-10-8-6-4-2/h26-27H,3-25H2,1-2H3. The van der Waals surface area contributed by atoms with Gasteiger partial charge in [0.15, 0.2) is 5.60 Å². The molecule has 3 fully saturated rings. The van der Waals surface area contributed by atoms with Gasteiger partial charge in [0.25, 0.3) is 0 Å². The highest BCUT2D eigenvalue weighted by molar-refractivity contribution is 5.90. The lowest BCUT2D eigenvalue weighted by Gasteiger charge is -2.54. The van der Waals surface area contributed by atoms with Gasteiger partial charge in [-0.3, -0.25) is 4.79 Å². The van der Waals surface area contributed by atoms with Gasteiger partial charge in [0.2, 0.25) is 0 Å². The largest absolute Gasteiger partial charge is 0.465 e. The first-order valence-corrected chi connectivity index (χ1v) is 15.2. The molecule has 0 aromatic rings. The van der Waals surface area contributed by atoms with E-state index in [1.807, 2.05) is 0 Å². The molecule has 3 rings (SSSR count). The summed E-state index contributed by atoms with van der Waals surface area (Å²) in [7, 11) is 0. The SMILES string of the molecule is CCCCCCCCCCCOC(=O)C1C2CCCC1(C(=O)OCCCCCCCCCCC)O2. The maximum Gasteiger partial charge on any atom is 0.339 e. The quantitative estimate of drug-likeness (QED) is 0.112. The average molecular weight is 495 g/mol. The Kier molecular flexibility index (Phi) is 15.7. The van der Waals surface area contributed by atoms with Crippen LogP contribution in [0.3, 0.4) is 0 Å². The summed E-state index contributed by atoms with van der Waals surface area (Å²) in [6.07, 6.45) is 24.2. The number of carbonyl (C=O) groups excluding carboxylic acids is 2. The molecule has 0 spiro atoms. The molecule has 1 saturated carbocycles. The van der Waals surface area contributed by atoms with E-state index in [1.54, 1.807) is 0 Å². The van der Waals surface area contributed by atoms with Gasteiger partial charge in [-0.1, -0.05) is 117 Å². The Labute approximate surface area is 215 Å². The molecule has 0 N–H and O–H groups in total. The van der Waals surface area contributed by atoms with E-state index in [-0.39, 0.29) is 18.0 Å². The topological polar surface area (TPSA) is 61.8 Å². The third-order valence-electron chi connectivity index (χ3n) is 7.85. The van der Waals surface area contributed by atoms with Crippen molar-refractivity contribution >= 4 is 11.9 Å². The van der Waals surface area contributed by atoms with Gasteiger partial charge in [0.1, 0.15) is 5.92 Å². The van der Waals surface area contributed by atoms with Crippen molar-refractivity contribution in [1.29, 1.82) is 0 Å². The highest BCUT2D eigenvalue weighted by atomic mass is 16.6. The Morgan fingerprint density at radius 1 is 0.686 bits per heavy atom. The maximum atomic E-state index is 12.9. The lowest BCUT2D eigenvalue weighted by molar-refractivity contribution is -0.284. The number of fused-ring (bicyclic) bond motifs is 2. The summed E-state index contributed by atoms with van der Waals surface area (Å²) in [4.78, 5) is 25.7. The molecule has 0 amide bonds. The van der Waals surface area contributed by atoms with Crippen LogP contribution < -0.4 is 0 Å². The summed E-state index contributed by atoms with van der Waals surface area (Å²) < 4.78 is 17.1. The molecule has 5 heteroatoms. The van der Waals surface area contributed by atoms with E-state index < -0.39 is 11.5 Å². The van der Waals surface area contributed by atoms with Crippen LogP contribution in [0.4, 0.5) is 0 Å². The van der Waals surface area contributed by atoms with Crippen molar-refractivity contribution in [3.63, 3.8) is 0 Å². The number of hydrogen-bond donors (Lipinski definition) is 0. The van der Waals surface area contributed by atoms with Crippen molar-refractivity contribution in [3.8, 4) is 0 Å². The van der Waals surface area contributed by atoms with Crippen LogP contribution in [0, 0.1) is 5.92 Å². The Morgan fingerprint density at radius 2 is 1.14 bits per heavy atom. The molecule has 2 bridgehead atoms. The lowest BCUT2D eigenvalue weighted by atomic mass is 9.67. The fraction of sp³-hybridized carbons (Fsp3) is 0.933. The molecule has 2 heterocycles. The molecule has 0 aromatic heterocycles. The van der Waals surface area contributed by atoms with Crippen LogP contribution in [0.1, 0.15) is 149 Å². The fourth-order valence-corrected chi connectivity index (χ4v) is 5.64. The van der Waals surface area contributed by atoms with E-state index in [0.29, 0.717) is 19.6 Å². The van der Waals surface area contributed by atoms with E-state index in [2.05, 4.69) is 13.8 Å². The molecule has 2 saturated heterocycles. The number of esters is 2. The normalized spacial score (nSPS) is 23.0. The molecule has 35 heavy (non-hydrogen) atoms. The molecule has 1 aliphatic carbocycles. The zero-order valence-corrected chi connectivity index (χ0v) is 23.0. The molecule has 0 aromatic carbocycles. The smallest absolute Gasteiger partial charge is 0.339 e.